The van der Waals surface area contributed by atoms with E-state index in [1.54, 1.807) is 13.8 Å². The molecule has 0 aliphatic heterocycles. The van der Waals surface area contributed by atoms with Gasteiger partial charge in [0.2, 0.25) is 0 Å². The molecule has 0 bridgehead atoms. The van der Waals surface area contributed by atoms with Crippen molar-refractivity contribution in [2.45, 2.75) is 199 Å². The van der Waals surface area contributed by atoms with Crippen molar-refractivity contribution < 1.29 is 38.1 Å². The second-order valence-corrected chi connectivity index (χ2v) is 13.3. The van der Waals surface area contributed by atoms with Gasteiger partial charge in [0.1, 0.15) is 13.2 Å². The average molecular weight is 703 g/mol. The molecule has 1 atom stereocenters. The summed E-state index contributed by atoms with van der Waals surface area (Å²) in [6, 6.07) is 0. The Kier molecular flexibility index (Phi) is 40.5. The lowest BCUT2D eigenvalue weighted by Gasteiger charge is -2.33. The van der Waals surface area contributed by atoms with Gasteiger partial charge < -0.3 is 18.9 Å². The molecular weight excluding hydrogens is 620 g/mol. The number of esters is 4. The van der Waals surface area contributed by atoms with Crippen molar-refractivity contribution in [3.8, 4) is 0 Å². The van der Waals surface area contributed by atoms with Gasteiger partial charge in [-0.25, -0.2) is 0 Å². The van der Waals surface area contributed by atoms with E-state index in [1.165, 1.54) is 89.9 Å². The fraction of sp³-hybridized carbons (Fsp3) is 0.854. The van der Waals surface area contributed by atoms with E-state index < -0.39 is 28.7 Å². The Balaban J connectivity index is -0.00000161. The molecule has 8 nitrogen and oxygen atoms in total. The Bertz CT molecular complexity index is 822. The van der Waals surface area contributed by atoms with Crippen molar-refractivity contribution in [2.75, 3.05) is 19.8 Å². The number of unbranched alkanes of at least 4 members (excludes halogenated alkanes) is 15. The third-order valence-electron chi connectivity index (χ3n) is 8.44. The highest BCUT2D eigenvalue weighted by atomic mass is 16.6. The summed E-state index contributed by atoms with van der Waals surface area (Å²) in [5, 5.41) is 0. The summed E-state index contributed by atoms with van der Waals surface area (Å²) >= 11 is 0. The minimum Gasteiger partial charge on any atom is -0.465 e. The lowest BCUT2D eigenvalue weighted by atomic mass is 9.72. The molecule has 0 heterocycles. The predicted molar refractivity (Wildman–Crippen MR) is 206 cm³/mol. The minimum atomic E-state index is -0.923. The smallest absolute Gasteiger partial charge is 0.311 e. The van der Waals surface area contributed by atoms with Crippen LogP contribution in [-0.4, -0.2) is 43.7 Å². The minimum absolute atomic E-state index is 0. The molecular formula is C41H82O8. The van der Waals surface area contributed by atoms with Crippen LogP contribution in [0.15, 0.2) is 12.8 Å². The quantitative estimate of drug-likeness (QED) is 0.0315. The summed E-state index contributed by atoms with van der Waals surface area (Å²) in [4.78, 5) is 48.8. The highest BCUT2D eigenvalue weighted by Crippen LogP contribution is 2.38. The molecule has 0 radical (unpaired) electrons. The molecule has 0 spiro atoms. The van der Waals surface area contributed by atoms with Crippen LogP contribution in [0, 0.1) is 10.8 Å². The number of hydrogen-bond donors (Lipinski definition) is 0. The Labute approximate surface area is 304 Å². The normalized spacial score (nSPS) is 11.6. The van der Waals surface area contributed by atoms with E-state index in [4.69, 9.17) is 14.2 Å². The van der Waals surface area contributed by atoms with Gasteiger partial charge in [0.15, 0.2) is 0 Å². The summed E-state index contributed by atoms with van der Waals surface area (Å²) in [5.41, 5.74) is -1.73. The van der Waals surface area contributed by atoms with Crippen LogP contribution in [0.3, 0.4) is 0 Å². The summed E-state index contributed by atoms with van der Waals surface area (Å²) in [7, 11) is 0. The van der Waals surface area contributed by atoms with Crippen molar-refractivity contribution in [3.05, 3.63) is 12.8 Å². The summed E-state index contributed by atoms with van der Waals surface area (Å²) in [5.74, 6) is -1.69. The Morgan fingerprint density at radius 3 is 1.39 bits per heavy atom. The van der Waals surface area contributed by atoms with E-state index in [0.717, 1.165) is 19.1 Å². The molecule has 0 aromatic carbocycles. The van der Waals surface area contributed by atoms with Crippen LogP contribution < -0.4 is 0 Å². The highest BCUT2D eigenvalue weighted by Gasteiger charge is 2.42. The number of carbonyl (C=O) groups is 4. The topological polar surface area (TPSA) is 105 Å². The van der Waals surface area contributed by atoms with Crippen LogP contribution in [-0.2, 0) is 38.1 Å². The molecule has 1 unspecified atom stereocenters. The monoisotopic (exact) mass is 703 g/mol. The molecule has 49 heavy (non-hydrogen) atoms. The number of carbonyl (C=O) groups excluding carboxylic acids is 4. The molecule has 8 heteroatoms. The first-order valence-corrected chi connectivity index (χ1v) is 17.8. The molecule has 0 aromatic heterocycles. The van der Waals surface area contributed by atoms with Gasteiger partial charge in [0.05, 0.1) is 23.7 Å². The zero-order valence-electron chi connectivity index (χ0n) is 29.5. The van der Waals surface area contributed by atoms with E-state index >= 15 is 0 Å². The lowest BCUT2D eigenvalue weighted by Crippen LogP contribution is -2.39. The molecule has 0 N–H and O–H groups in total. The first kappa shape index (κ1) is 56.0. The highest BCUT2D eigenvalue weighted by molar-refractivity contribution is 5.80. The van der Waals surface area contributed by atoms with Crippen LogP contribution in [0.1, 0.15) is 199 Å². The molecule has 0 amide bonds. The van der Waals surface area contributed by atoms with Crippen LogP contribution in [0.2, 0.25) is 0 Å². The zero-order chi connectivity index (χ0) is 33.8. The summed E-state index contributed by atoms with van der Waals surface area (Å²) in [6.07, 6.45) is 23.0. The Morgan fingerprint density at radius 2 is 0.939 bits per heavy atom. The molecule has 0 aromatic rings. The number of hydrogen-bond acceptors (Lipinski definition) is 8. The van der Waals surface area contributed by atoms with Gasteiger partial charge in [0, 0.05) is 12.8 Å². The van der Waals surface area contributed by atoms with E-state index in [-0.39, 0.29) is 68.2 Å². The van der Waals surface area contributed by atoms with Gasteiger partial charge in [0.25, 0.3) is 0 Å². The van der Waals surface area contributed by atoms with Gasteiger partial charge in [-0.3, -0.25) is 19.2 Å². The summed E-state index contributed by atoms with van der Waals surface area (Å²) < 4.78 is 20.6. The second kappa shape index (κ2) is 35.4. The molecule has 0 fully saturated rings. The van der Waals surface area contributed by atoms with Crippen molar-refractivity contribution in [2.24, 2.45) is 10.8 Å². The van der Waals surface area contributed by atoms with Crippen molar-refractivity contribution in [3.63, 3.8) is 0 Å². The van der Waals surface area contributed by atoms with Gasteiger partial charge in [-0.15, -0.1) is 0 Å². The molecule has 294 valence electrons. The maximum absolute atomic E-state index is 13.0. The van der Waals surface area contributed by atoms with Gasteiger partial charge in [-0.2, -0.15) is 0 Å². The Morgan fingerprint density at radius 1 is 0.531 bits per heavy atom. The SMILES string of the molecule is C.C.C.C.C=COC(=O)CCCC(=O)OCCOC(=O)C(C)(C)CC(C)(CC)C(=O)OCCCCCCCCCCCCCCCCCC. The molecule has 0 aliphatic carbocycles. The number of rotatable bonds is 30. The van der Waals surface area contributed by atoms with E-state index in [0.29, 0.717) is 19.4 Å². The van der Waals surface area contributed by atoms with Crippen LogP contribution in [0.25, 0.3) is 0 Å². The maximum Gasteiger partial charge on any atom is 0.311 e. The molecule has 0 saturated heterocycles. The molecule has 0 rings (SSSR count). The van der Waals surface area contributed by atoms with E-state index in [9.17, 15) is 19.2 Å². The molecule has 0 aliphatic rings. The van der Waals surface area contributed by atoms with Crippen LogP contribution >= 0.6 is 0 Å². The largest absolute Gasteiger partial charge is 0.465 e. The van der Waals surface area contributed by atoms with Gasteiger partial charge >= 0.3 is 23.9 Å². The standard InChI is InChI=1S/C37H66O8.4CH4/c1-7-10-11-12-13-14-15-16-17-18-19-20-21-22-23-24-28-44-35(41)37(6,8-2)31-36(4,5)34(40)45-30-29-43-33(39)27-25-26-32(38)42-9-3;;;;/h9H,3,7-8,10-31H2,1-2,4-6H3;4*1H4. The third kappa shape index (κ3) is 30.2. The zero-order valence-corrected chi connectivity index (χ0v) is 29.5. The summed E-state index contributed by atoms with van der Waals surface area (Å²) in [6.45, 7) is 13.1. The van der Waals surface area contributed by atoms with E-state index in [1.807, 2.05) is 13.8 Å². The van der Waals surface area contributed by atoms with Crippen LogP contribution in [0.4, 0.5) is 0 Å². The first-order chi connectivity index (χ1) is 21.5. The number of ether oxygens (including phenoxy) is 4. The maximum atomic E-state index is 13.0. The van der Waals surface area contributed by atoms with Crippen LogP contribution in [0.5, 0.6) is 0 Å². The van der Waals surface area contributed by atoms with Crippen molar-refractivity contribution in [1.82, 2.24) is 0 Å². The van der Waals surface area contributed by atoms with Crippen molar-refractivity contribution >= 4 is 23.9 Å². The predicted octanol–water partition coefficient (Wildman–Crippen LogP) is 12.1. The lowest BCUT2D eigenvalue weighted by molar-refractivity contribution is -0.165. The van der Waals surface area contributed by atoms with Gasteiger partial charge in [-0.05, 0) is 46.5 Å². The second-order valence-electron chi connectivity index (χ2n) is 13.3. The fourth-order valence-electron chi connectivity index (χ4n) is 5.46. The van der Waals surface area contributed by atoms with Crippen molar-refractivity contribution in [1.29, 1.82) is 0 Å². The first-order valence-electron chi connectivity index (χ1n) is 17.8. The Hall–Kier alpha value is -2.38. The molecule has 0 saturated carbocycles. The van der Waals surface area contributed by atoms with Gasteiger partial charge in [-0.1, -0.05) is 146 Å². The van der Waals surface area contributed by atoms with E-state index in [2.05, 4.69) is 18.2 Å². The fourth-order valence-corrected chi connectivity index (χ4v) is 5.46. The third-order valence-corrected chi connectivity index (χ3v) is 8.44. The average Bonchev–Trinajstić information content (AvgIpc) is 3.00.